The number of rotatable bonds is 2. The first-order valence-electron chi connectivity index (χ1n) is 6.64. The molecule has 1 heterocycles. The predicted molar refractivity (Wildman–Crippen MR) is 93.3 cm³/mol. The van der Waals surface area contributed by atoms with Crippen LogP contribution in [-0.4, -0.2) is 20.7 Å². The summed E-state index contributed by atoms with van der Waals surface area (Å²) in [6.45, 7) is 1.76. The third-order valence-electron chi connectivity index (χ3n) is 3.26. The Labute approximate surface area is 143 Å². The smallest absolute Gasteiger partial charge is 0.285 e. The maximum atomic E-state index is 12.4. The summed E-state index contributed by atoms with van der Waals surface area (Å²) in [5.74, 6) is 0.598. The fraction of sp³-hybridized carbons (Fsp3) is 0.133. The van der Waals surface area contributed by atoms with Gasteiger partial charge in [0.05, 0.1) is 12.8 Å². The number of halogens is 1. The lowest BCUT2D eigenvalue weighted by Gasteiger charge is -2.18. The molecule has 1 aliphatic rings. The second-order valence-corrected chi connectivity index (χ2v) is 7.86. The summed E-state index contributed by atoms with van der Waals surface area (Å²) in [5.41, 5.74) is 1.34. The van der Waals surface area contributed by atoms with Gasteiger partial charge in [0.15, 0.2) is 5.17 Å². The summed E-state index contributed by atoms with van der Waals surface area (Å²) < 4.78 is 33.8. The molecule has 0 saturated carbocycles. The van der Waals surface area contributed by atoms with E-state index in [2.05, 4.69) is 9.71 Å². The fourth-order valence-electron chi connectivity index (χ4n) is 2.11. The van der Waals surface area contributed by atoms with Crippen LogP contribution in [0.5, 0.6) is 5.75 Å². The van der Waals surface area contributed by atoms with Crippen molar-refractivity contribution in [2.75, 3.05) is 12.4 Å². The SMILES string of the molecule is COc1ccccc1NC1=NS(=O)(=O)c2cc(C)c(Cl)cc2S1. The van der Waals surface area contributed by atoms with E-state index in [9.17, 15) is 8.42 Å². The molecule has 0 aromatic heterocycles. The van der Waals surface area contributed by atoms with Crippen molar-refractivity contribution in [3.05, 3.63) is 47.0 Å². The molecule has 23 heavy (non-hydrogen) atoms. The topological polar surface area (TPSA) is 67.8 Å². The number of thioether (sulfide) groups is 1. The molecule has 2 aromatic rings. The third-order valence-corrected chi connectivity index (χ3v) is 6.17. The summed E-state index contributed by atoms with van der Waals surface area (Å²) in [5, 5.41) is 3.77. The average Bonchev–Trinajstić information content (AvgIpc) is 2.49. The first-order valence-corrected chi connectivity index (χ1v) is 9.27. The van der Waals surface area contributed by atoms with Crippen molar-refractivity contribution in [3.63, 3.8) is 0 Å². The summed E-state index contributed by atoms with van der Waals surface area (Å²) >= 11 is 7.32. The molecule has 0 radical (unpaired) electrons. The van der Waals surface area contributed by atoms with Gasteiger partial charge < -0.3 is 10.1 Å². The summed E-state index contributed by atoms with van der Waals surface area (Å²) in [7, 11) is -2.22. The van der Waals surface area contributed by atoms with Crippen molar-refractivity contribution in [2.24, 2.45) is 4.40 Å². The van der Waals surface area contributed by atoms with Gasteiger partial charge in [0.2, 0.25) is 0 Å². The molecule has 1 N–H and O–H groups in total. The number of ether oxygens (including phenoxy) is 1. The van der Waals surface area contributed by atoms with Gasteiger partial charge in [0.25, 0.3) is 10.0 Å². The Hall–Kier alpha value is -1.70. The number of methoxy groups -OCH3 is 1. The zero-order valence-electron chi connectivity index (χ0n) is 12.3. The molecule has 3 rings (SSSR count). The first-order chi connectivity index (χ1) is 10.9. The molecule has 2 aromatic carbocycles. The number of hydrogen-bond acceptors (Lipinski definition) is 5. The number of hydrogen-bond donors (Lipinski definition) is 1. The van der Waals surface area contributed by atoms with Gasteiger partial charge in [0.1, 0.15) is 10.6 Å². The highest BCUT2D eigenvalue weighted by atomic mass is 35.5. The van der Waals surface area contributed by atoms with Crippen molar-refractivity contribution in [3.8, 4) is 5.75 Å². The van der Waals surface area contributed by atoms with Crippen molar-refractivity contribution < 1.29 is 13.2 Å². The van der Waals surface area contributed by atoms with E-state index in [1.54, 1.807) is 38.3 Å². The fourth-order valence-corrected chi connectivity index (χ4v) is 4.93. The molecule has 0 saturated heterocycles. The van der Waals surface area contributed by atoms with E-state index >= 15 is 0 Å². The standard InChI is InChI=1S/C15H13ClN2O3S2/c1-9-7-14-13(8-10(9)16)22-15(18-23(14,19)20)17-11-5-3-4-6-12(11)21-2/h3-8H,1-2H3,(H,17,18). The number of nitrogens with zero attached hydrogens (tertiary/aromatic N) is 1. The Balaban J connectivity index is 2.01. The molecular formula is C15H13ClN2O3S2. The van der Waals surface area contributed by atoms with Crippen molar-refractivity contribution in [2.45, 2.75) is 16.7 Å². The van der Waals surface area contributed by atoms with Crippen molar-refractivity contribution >= 4 is 44.2 Å². The summed E-state index contributed by atoms with van der Waals surface area (Å²) in [4.78, 5) is 0.725. The van der Waals surface area contributed by atoms with Gasteiger partial charge in [-0.05, 0) is 48.5 Å². The maximum absolute atomic E-state index is 12.4. The van der Waals surface area contributed by atoms with E-state index in [1.807, 2.05) is 12.1 Å². The maximum Gasteiger partial charge on any atom is 0.285 e. The second kappa shape index (κ2) is 6.07. The molecule has 0 bridgehead atoms. The molecule has 0 aliphatic carbocycles. The van der Waals surface area contributed by atoms with Crippen LogP contribution in [0.25, 0.3) is 0 Å². The van der Waals surface area contributed by atoms with Crippen LogP contribution in [0.1, 0.15) is 5.56 Å². The molecule has 0 atom stereocenters. The second-order valence-electron chi connectivity index (χ2n) is 4.85. The summed E-state index contributed by atoms with van der Waals surface area (Å²) in [6, 6.07) is 10.4. The van der Waals surface area contributed by atoms with E-state index in [1.165, 1.54) is 11.8 Å². The Kier molecular flexibility index (Phi) is 4.27. The van der Waals surface area contributed by atoms with Gasteiger partial charge in [-0.3, -0.25) is 0 Å². The zero-order valence-corrected chi connectivity index (χ0v) is 14.7. The Morgan fingerprint density at radius 2 is 2.00 bits per heavy atom. The normalized spacial score (nSPS) is 15.5. The minimum absolute atomic E-state index is 0.176. The number of amidine groups is 1. The van der Waals surface area contributed by atoms with Crippen LogP contribution in [0.15, 0.2) is 50.6 Å². The third kappa shape index (κ3) is 3.17. The monoisotopic (exact) mass is 368 g/mol. The minimum Gasteiger partial charge on any atom is -0.495 e. The molecule has 0 unspecified atom stereocenters. The Morgan fingerprint density at radius 1 is 1.26 bits per heavy atom. The Morgan fingerprint density at radius 3 is 2.74 bits per heavy atom. The van der Waals surface area contributed by atoms with Crippen molar-refractivity contribution in [1.82, 2.24) is 0 Å². The highest BCUT2D eigenvalue weighted by Gasteiger charge is 2.27. The first kappa shape index (κ1) is 16.2. The van der Waals surface area contributed by atoms with E-state index in [-0.39, 0.29) is 10.1 Å². The van der Waals surface area contributed by atoms with E-state index in [0.29, 0.717) is 26.9 Å². The van der Waals surface area contributed by atoms with Crippen molar-refractivity contribution in [1.29, 1.82) is 0 Å². The molecule has 8 heteroatoms. The number of para-hydroxylation sites is 2. The molecule has 5 nitrogen and oxygen atoms in total. The van der Waals surface area contributed by atoms with Crippen LogP contribution in [0, 0.1) is 6.92 Å². The zero-order chi connectivity index (χ0) is 16.6. The minimum atomic E-state index is -3.76. The van der Waals surface area contributed by atoms with Gasteiger partial charge >= 0.3 is 0 Å². The van der Waals surface area contributed by atoms with E-state index < -0.39 is 10.0 Å². The van der Waals surface area contributed by atoms with Crippen LogP contribution in [-0.2, 0) is 10.0 Å². The lowest BCUT2D eigenvalue weighted by atomic mass is 10.2. The van der Waals surface area contributed by atoms with Crippen LogP contribution < -0.4 is 10.1 Å². The lowest BCUT2D eigenvalue weighted by Crippen LogP contribution is -2.16. The van der Waals surface area contributed by atoms with Crippen LogP contribution in [0.3, 0.4) is 0 Å². The molecule has 0 spiro atoms. The molecular weight excluding hydrogens is 356 g/mol. The Bertz CT molecular complexity index is 911. The average molecular weight is 369 g/mol. The quantitative estimate of drug-likeness (QED) is 0.870. The predicted octanol–water partition coefficient (Wildman–Crippen LogP) is 3.92. The summed E-state index contributed by atoms with van der Waals surface area (Å²) in [6.07, 6.45) is 0. The van der Waals surface area contributed by atoms with Gasteiger partial charge in [-0.25, -0.2) is 0 Å². The number of aryl methyl sites for hydroxylation is 1. The number of nitrogens with one attached hydrogen (secondary N) is 1. The number of anilines is 1. The number of benzene rings is 2. The highest BCUT2D eigenvalue weighted by Crippen LogP contribution is 2.38. The van der Waals surface area contributed by atoms with Crippen LogP contribution in [0.2, 0.25) is 5.02 Å². The largest absolute Gasteiger partial charge is 0.495 e. The molecule has 1 aliphatic heterocycles. The number of fused-ring (bicyclic) bond motifs is 1. The van der Waals surface area contributed by atoms with Gasteiger partial charge in [-0.2, -0.15) is 8.42 Å². The molecule has 0 fully saturated rings. The van der Waals surface area contributed by atoms with Gasteiger partial charge in [0, 0.05) is 9.92 Å². The van der Waals surface area contributed by atoms with Gasteiger partial charge in [-0.1, -0.05) is 23.7 Å². The highest BCUT2D eigenvalue weighted by molar-refractivity contribution is 8.15. The van der Waals surface area contributed by atoms with Gasteiger partial charge in [-0.15, -0.1) is 4.40 Å². The lowest BCUT2D eigenvalue weighted by molar-refractivity contribution is 0.417. The molecule has 0 amide bonds. The van der Waals surface area contributed by atoms with Crippen LogP contribution >= 0.6 is 23.4 Å². The van der Waals surface area contributed by atoms with E-state index in [4.69, 9.17) is 16.3 Å². The van der Waals surface area contributed by atoms with E-state index in [0.717, 1.165) is 0 Å². The number of sulfonamides is 1. The van der Waals surface area contributed by atoms with Crippen LogP contribution in [0.4, 0.5) is 5.69 Å². The molecule has 120 valence electrons.